The number of nitrogens with one attached hydrogen (secondary N) is 1. The summed E-state index contributed by atoms with van der Waals surface area (Å²) >= 11 is 1.37. The molecule has 0 spiro atoms. The largest absolute Gasteiger partial charge is 0.311 e. The maximum absolute atomic E-state index is 12.3. The number of thiazole rings is 1. The van der Waals surface area contributed by atoms with E-state index < -0.39 is 0 Å². The molecule has 2 amide bonds. The zero-order chi connectivity index (χ0) is 15.7. The lowest BCUT2D eigenvalue weighted by atomic mass is 10.1. The van der Waals surface area contributed by atoms with Gasteiger partial charge in [-0.3, -0.25) is 9.59 Å². The SMILES string of the molecule is Cc1cccc(N2C[C@H](C(=O)Nc3nccs3)CC2=O)c1C. The summed E-state index contributed by atoms with van der Waals surface area (Å²) in [7, 11) is 0. The van der Waals surface area contributed by atoms with Gasteiger partial charge < -0.3 is 10.2 Å². The van der Waals surface area contributed by atoms with Crippen molar-refractivity contribution < 1.29 is 9.59 Å². The molecule has 2 aromatic rings. The van der Waals surface area contributed by atoms with E-state index in [1.165, 1.54) is 11.3 Å². The monoisotopic (exact) mass is 315 g/mol. The van der Waals surface area contributed by atoms with Crippen LogP contribution in [0.1, 0.15) is 17.5 Å². The fourth-order valence-electron chi connectivity index (χ4n) is 2.64. The van der Waals surface area contributed by atoms with Crippen LogP contribution in [0.25, 0.3) is 0 Å². The Hall–Kier alpha value is -2.21. The van der Waals surface area contributed by atoms with Gasteiger partial charge in [0, 0.05) is 30.2 Å². The summed E-state index contributed by atoms with van der Waals surface area (Å²) in [5.74, 6) is -0.486. The molecule has 1 N–H and O–H groups in total. The summed E-state index contributed by atoms with van der Waals surface area (Å²) in [5.41, 5.74) is 3.12. The minimum absolute atomic E-state index is 0.00649. The molecule has 114 valence electrons. The molecule has 3 rings (SSSR count). The average molecular weight is 315 g/mol. The van der Waals surface area contributed by atoms with Crippen molar-refractivity contribution in [1.29, 1.82) is 0 Å². The van der Waals surface area contributed by atoms with Crippen molar-refractivity contribution in [2.75, 3.05) is 16.8 Å². The standard InChI is InChI=1S/C16H17N3O2S/c1-10-4-3-5-13(11(10)2)19-9-12(8-14(19)20)15(21)18-16-17-6-7-22-16/h3-7,12H,8-9H2,1-2H3,(H,17,18,21)/t12-/m1/s1. The molecule has 1 aliphatic rings. The Morgan fingerprint density at radius 1 is 1.41 bits per heavy atom. The molecule has 0 saturated carbocycles. The Morgan fingerprint density at radius 2 is 2.23 bits per heavy atom. The predicted octanol–water partition coefficient (Wildman–Crippen LogP) is 2.75. The number of rotatable bonds is 3. The van der Waals surface area contributed by atoms with Crippen LogP contribution < -0.4 is 10.2 Å². The fourth-order valence-corrected chi connectivity index (χ4v) is 3.17. The molecule has 0 bridgehead atoms. The summed E-state index contributed by atoms with van der Waals surface area (Å²) < 4.78 is 0. The zero-order valence-electron chi connectivity index (χ0n) is 12.5. The molecule has 5 nitrogen and oxygen atoms in total. The van der Waals surface area contributed by atoms with Crippen molar-refractivity contribution in [3.05, 3.63) is 40.9 Å². The summed E-state index contributed by atoms with van der Waals surface area (Å²) in [6.07, 6.45) is 1.88. The number of hydrogen-bond donors (Lipinski definition) is 1. The lowest BCUT2D eigenvalue weighted by molar-refractivity contribution is -0.122. The minimum Gasteiger partial charge on any atom is -0.311 e. The number of benzene rings is 1. The third-order valence-corrected chi connectivity index (χ3v) is 4.71. The van der Waals surface area contributed by atoms with Crippen molar-refractivity contribution >= 4 is 34.0 Å². The van der Waals surface area contributed by atoms with Crippen molar-refractivity contribution in [1.82, 2.24) is 4.98 Å². The third-order valence-electron chi connectivity index (χ3n) is 4.03. The Kier molecular flexibility index (Phi) is 3.94. The first-order valence-electron chi connectivity index (χ1n) is 7.13. The van der Waals surface area contributed by atoms with Gasteiger partial charge in [0.05, 0.1) is 5.92 Å². The smallest absolute Gasteiger partial charge is 0.231 e. The molecule has 0 unspecified atom stereocenters. The molecule has 1 saturated heterocycles. The van der Waals surface area contributed by atoms with E-state index in [0.29, 0.717) is 11.7 Å². The van der Waals surface area contributed by atoms with E-state index in [0.717, 1.165) is 16.8 Å². The molecule has 1 fully saturated rings. The molecule has 1 aromatic heterocycles. The number of aromatic nitrogens is 1. The highest BCUT2D eigenvalue weighted by molar-refractivity contribution is 7.13. The number of aryl methyl sites for hydroxylation is 1. The average Bonchev–Trinajstić information content (AvgIpc) is 3.12. The van der Waals surface area contributed by atoms with Gasteiger partial charge >= 0.3 is 0 Å². The van der Waals surface area contributed by atoms with Crippen LogP contribution in [0.5, 0.6) is 0 Å². The first-order chi connectivity index (χ1) is 10.6. The minimum atomic E-state index is -0.337. The number of carbonyl (C=O) groups excluding carboxylic acids is 2. The first-order valence-corrected chi connectivity index (χ1v) is 8.01. The Balaban J connectivity index is 1.75. The zero-order valence-corrected chi connectivity index (χ0v) is 13.3. The van der Waals surface area contributed by atoms with E-state index in [2.05, 4.69) is 10.3 Å². The van der Waals surface area contributed by atoms with E-state index in [9.17, 15) is 9.59 Å². The number of carbonyl (C=O) groups is 2. The maximum atomic E-state index is 12.3. The highest BCUT2D eigenvalue weighted by atomic mass is 32.1. The molecule has 0 aliphatic carbocycles. The normalized spacial score (nSPS) is 17.8. The quantitative estimate of drug-likeness (QED) is 0.947. The van der Waals surface area contributed by atoms with Gasteiger partial charge in [-0.15, -0.1) is 11.3 Å². The Morgan fingerprint density at radius 3 is 2.95 bits per heavy atom. The summed E-state index contributed by atoms with van der Waals surface area (Å²) in [4.78, 5) is 30.3. The van der Waals surface area contributed by atoms with Gasteiger partial charge in [-0.25, -0.2) is 4.98 Å². The topological polar surface area (TPSA) is 62.3 Å². The van der Waals surface area contributed by atoms with Crippen LogP contribution in [-0.2, 0) is 9.59 Å². The molecule has 22 heavy (non-hydrogen) atoms. The van der Waals surface area contributed by atoms with E-state index in [4.69, 9.17) is 0 Å². The van der Waals surface area contributed by atoms with Gasteiger partial charge in [0.2, 0.25) is 11.8 Å². The second-order valence-corrected chi connectivity index (χ2v) is 6.35. The predicted molar refractivity (Wildman–Crippen MR) is 87.1 cm³/mol. The van der Waals surface area contributed by atoms with E-state index in [1.807, 2.05) is 32.0 Å². The lowest BCUT2D eigenvalue weighted by Crippen LogP contribution is -2.28. The van der Waals surface area contributed by atoms with E-state index >= 15 is 0 Å². The molecule has 2 heterocycles. The molecule has 1 aromatic carbocycles. The second kappa shape index (κ2) is 5.88. The number of anilines is 2. The Labute approximate surface area is 133 Å². The number of hydrogen-bond acceptors (Lipinski definition) is 4. The number of amides is 2. The summed E-state index contributed by atoms with van der Waals surface area (Å²) in [6, 6.07) is 5.89. The number of nitrogens with zero attached hydrogens (tertiary/aromatic N) is 2. The van der Waals surface area contributed by atoms with E-state index in [1.54, 1.807) is 16.5 Å². The second-order valence-electron chi connectivity index (χ2n) is 5.45. The van der Waals surface area contributed by atoms with Gasteiger partial charge in [0.1, 0.15) is 0 Å². The third kappa shape index (κ3) is 2.74. The van der Waals surface area contributed by atoms with Gasteiger partial charge in [-0.05, 0) is 31.0 Å². The van der Waals surface area contributed by atoms with Gasteiger partial charge in [0.25, 0.3) is 0 Å². The molecule has 0 radical (unpaired) electrons. The molecule has 1 atom stereocenters. The van der Waals surface area contributed by atoms with Crippen LogP contribution in [-0.4, -0.2) is 23.3 Å². The molecule has 6 heteroatoms. The fraction of sp³-hybridized carbons (Fsp3) is 0.312. The van der Waals surface area contributed by atoms with Crippen LogP contribution in [0.4, 0.5) is 10.8 Å². The van der Waals surface area contributed by atoms with Crippen molar-refractivity contribution in [3.63, 3.8) is 0 Å². The van der Waals surface area contributed by atoms with Crippen molar-refractivity contribution in [2.24, 2.45) is 5.92 Å². The van der Waals surface area contributed by atoms with Crippen LogP contribution in [0.2, 0.25) is 0 Å². The molecular formula is C16H17N3O2S. The van der Waals surface area contributed by atoms with Crippen molar-refractivity contribution in [3.8, 4) is 0 Å². The van der Waals surface area contributed by atoms with Crippen LogP contribution in [0.3, 0.4) is 0 Å². The molecule has 1 aliphatic heterocycles. The summed E-state index contributed by atoms with van der Waals surface area (Å²) in [5, 5.41) is 5.15. The lowest BCUT2D eigenvalue weighted by Gasteiger charge is -2.20. The summed E-state index contributed by atoms with van der Waals surface area (Å²) in [6.45, 7) is 4.44. The highest BCUT2D eigenvalue weighted by Crippen LogP contribution is 2.30. The van der Waals surface area contributed by atoms with Crippen molar-refractivity contribution in [2.45, 2.75) is 20.3 Å². The van der Waals surface area contributed by atoms with Gasteiger partial charge in [-0.1, -0.05) is 12.1 Å². The van der Waals surface area contributed by atoms with E-state index in [-0.39, 0.29) is 24.2 Å². The first kappa shape index (κ1) is 14.7. The van der Waals surface area contributed by atoms with Gasteiger partial charge in [-0.2, -0.15) is 0 Å². The maximum Gasteiger partial charge on any atom is 0.231 e. The Bertz CT molecular complexity index is 712. The van der Waals surface area contributed by atoms with Gasteiger partial charge in [0.15, 0.2) is 5.13 Å². The highest BCUT2D eigenvalue weighted by Gasteiger charge is 2.36. The van der Waals surface area contributed by atoms with Crippen LogP contribution in [0, 0.1) is 19.8 Å². The molecular weight excluding hydrogens is 298 g/mol. The van der Waals surface area contributed by atoms with Crippen LogP contribution >= 0.6 is 11.3 Å². The van der Waals surface area contributed by atoms with Crippen LogP contribution in [0.15, 0.2) is 29.8 Å².